The van der Waals surface area contributed by atoms with Gasteiger partial charge in [0.25, 0.3) is 0 Å². The van der Waals surface area contributed by atoms with Gasteiger partial charge in [0.2, 0.25) is 0 Å². The van der Waals surface area contributed by atoms with Crippen LogP contribution in [0.25, 0.3) is 0 Å². The van der Waals surface area contributed by atoms with Gasteiger partial charge in [-0.05, 0) is 25.2 Å². The summed E-state index contributed by atoms with van der Waals surface area (Å²) in [6.07, 6.45) is 0.478. The van der Waals surface area contributed by atoms with Gasteiger partial charge in [-0.25, -0.2) is 0 Å². The molecule has 1 N–H and O–H groups in total. The Morgan fingerprint density at radius 3 is 2.50 bits per heavy atom. The zero-order valence-corrected chi connectivity index (χ0v) is 9.87. The van der Waals surface area contributed by atoms with E-state index >= 15 is 0 Å². The lowest BCUT2D eigenvalue weighted by molar-refractivity contribution is 0.0983. The second-order valence-electron chi connectivity index (χ2n) is 3.35. The molecule has 0 unspecified atom stereocenters. The van der Waals surface area contributed by atoms with E-state index < -0.39 is 0 Å². The van der Waals surface area contributed by atoms with Crippen LogP contribution in [0.1, 0.15) is 16.8 Å². The number of hydrogen-bond donors (Lipinski definition) is 1. The number of ether oxygens (including phenoxy) is 2. The highest BCUT2D eigenvalue weighted by molar-refractivity contribution is 5.96. The fourth-order valence-electron chi connectivity index (χ4n) is 1.39. The van der Waals surface area contributed by atoms with E-state index in [2.05, 4.69) is 5.32 Å². The summed E-state index contributed by atoms with van der Waals surface area (Å²) in [5.41, 5.74) is 0.646. The quantitative estimate of drug-likeness (QED) is 0.742. The molecule has 0 atom stereocenters. The van der Waals surface area contributed by atoms with Gasteiger partial charge in [-0.1, -0.05) is 0 Å². The van der Waals surface area contributed by atoms with Crippen LogP contribution in [-0.2, 0) is 0 Å². The minimum absolute atomic E-state index is 0.0929. The molecule has 4 nitrogen and oxygen atoms in total. The van der Waals surface area contributed by atoms with Crippen LogP contribution in [0.5, 0.6) is 11.5 Å². The average Bonchev–Trinajstić information content (AvgIpc) is 2.34. The molecule has 0 aliphatic rings. The lowest BCUT2D eigenvalue weighted by atomic mass is 10.1. The second kappa shape index (κ2) is 6.12. The van der Waals surface area contributed by atoms with Gasteiger partial charge in [0, 0.05) is 18.5 Å². The molecular weight excluding hydrogens is 206 g/mol. The van der Waals surface area contributed by atoms with Crippen LogP contribution in [0.4, 0.5) is 0 Å². The molecule has 0 spiro atoms. The van der Waals surface area contributed by atoms with E-state index in [0.717, 1.165) is 0 Å². The number of carbonyl (C=O) groups is 1. The number of hydrogen-bond acceptors (Lipinski definition) is 4. The van der Waals surface area contributed by atoms with Crippen molar-refractivity contribution in [2.75, 3.05) is 27.8 Å². The first kappa shape index (κ1) is 12.5. The second-order valence-corrected chi connectivity index (χ2v) is 3.35. The van der Waals surface area contributed by atoms with Gasteiger partial charge in [0.05, 0.1) is 14.2 Å². The zero-order valence-electron chi connectivity index (χ0n) is 9.87. The average molecular weight is 223 g/mol. The molecule has 16 heavy (non-hydrogen) atoms. The summed E-state index contributed by atoms with van der Waals surface area (Å²) >= 11 is 0. The van der Waals surface area contributed by atoms with Gasteiger partial charge in [-0.15, -0.1) is 0 Å². The minimum atomic E-state index is 0.0929. The van der Waals surface area contributed by atoms with E-state index in [1.54, 1.807) is 32.4 Å². The Labute approximate surface area is 95.6 Å². The maximum Gasteiger partial charge on any atom is 0.164 e. The van der Waals surface area contributed by atoms with Crippen LogP contribution in [0.2, 0.25) is 0 Å². The molecule has 0 amide bonds. The molecule has 0 aliphatic carbocycles. The summed E-state index contributed by atoms with van der Waals surface area (Å²) < 4.78 is 10.2. The molecule has 1 aromatic rings. The summed E-state index contributed by atoms with van der Waals surface area (Å²) in [7, 11) is 4.95. The zero-order chi connectivity index (χ0) is 12.0. The highest BCUT2D eigenvalue weighted by Crippen LogP contribution is 2.27. The molecule has 0 fully saturated rings. The highest BCUT2D eigenvalue weighted by atomic mass is 16.5. The van der Waals surface area contributed by atoms with E-state index in [1.165, 1.54) is 0 Å². The minimum Gasteiger partial charge on any atom is -0.493 e. The number of methoxy groups -OCH3 is 2. The van der Waals surface area contributed by atoms with Crippen LogP contribution < -0.4 is 14.8 Å². The Balaban J connectivity index is 2.85. The van der Waals surface area contributed by atoms with Crippen molar-refractivity contribution in [1.82, 2.24) is 5.32 Å². The Kier molecular flexibility index (Phi) is 4.79. The van der Waals surface area contributed by atoms with Crippen LogP contribution in [0, 0.1) is 0 Å². The molecule has 0 saturated heterocycles. The Bertz CT molecular complexity index is 363. The smallest absolute Gasteiger partial charge is 0.164 e. The third kappa shape index (κ3) is 2.97. The van der Waals surface area contributed by atoms with Crippen molar-refractivity contribution in [3.8, 4) is 11.5 Å². The maximum absolute atomic E-state index is 11.7. The number of Topliss-reactive ketones (excluding diaryl/α,β-unsaturated/α-hetero) is 1. The van der Waals surface area contributed by atoms with Crippen molar-refractivity contribution < 1.29 is 14.3 Å². The third-order valence-corrected chi connectivity index (χ3v) is 2.31. The van der Waals surface area contributed by atoms with Gasteiger partial charge in [0.15, 0.2) is 17.3 Å². The molecule has 0 radical (unpaired) electrons. The Hall–Kier alpha value is -1.55. The van der Waals surface area contributed by atoms with Gasteiger partial charge in [0.1, 0.15) is 0 Å². The number of rotatable bonds is 6. The van der Waals surface area contributed by atoms with Crippen molar-refractivity contribution in [3.63, 3.8) is 0 Å². The third-order valence-electron chi connectivity index (χ3n) is 2.31. The first-order valence-corrected chi connectivity index (χ1v) is 5.12. The van der Waals surface area contributed by atoms with E-state index in [4.69, 9.17) is 9.47 Å². The molecule has 0 aromatic heterocycles. The van der Waals surface area contributed by atoms with E-state index in [-0.39, 0.29) is 5.78 Å². The lowest BCUT2D eigenvalue weighted by Crippen LogP contribution is -2.13. The monoisotopic (exact) mass is 223 g/mol. The normalized spacial score (nSPS) is 9.94. The predicted octanol–water partition coefficient (Wildman–Crippen LogP) is 1.50. The maximum atomic E-state index is 11.7. The van der Waals surface area contributed by atoms with Crippen molar-refractivity contribution in [3.05, 3.63) is 23.8 Å². The first-order valence-electron chi connectivity index (χ1n) is 5.12. The van der Waals surface area contributed by atoms with Gasteiger partial charge < -0.3 is 14.8 Å². The van der Waals surface area contributed by atoms with Crippen molar-refractivity contribution in [1.29, 1.82) is 0 Å². The number of benzene rings is 1. The Morgan fingerprint density at radius 1 is 1.25 bits per heavy atom. The number of ketones is 1. The molecule has 0 aliphatic heterocycles. The molecule has 4 heteroatoms. The standard InChI is InChI=1S/C12H17NO3/c1-13-7-6-10(14)9-4-5-11(15-2)12(8-9)16-3/h4-5,8,13H,6-7H2,1-3H3. The highest BCUT2D eigenvalue weighted by Gasteiger charge is 2.09. The molecule has 0 heterocycles. The van der Waals surface area contributed by atoms with Gasteiger partial charge in [-0.3, -0.25) is 4.79 Å². The van der Waals surface area contributed by atoms with E-state index in [9.17, 15) is 4.79 Å². The van der Waals surface area contributed by atoms with Crippen LogP contribution in [0.15, 0.2) is 18.2 Å². The van der Waals surface area contributed by atoms with Crippen LogP contribution in [0.3, 0.4) is 0 Å². The van der Waals surface area contributed by atoms with Crippen molar-refractivity contribution >= 4 is 5.78 Å². The molecule has 1 aromatic carbocycles. The van der Waals surface area contributed by atoms with E-state index in [1.807, 2.05) is 7.05 Å². The lowest BCUT2D eigenvalue weighted by Gasteiger charge is -2.08. The van der Waals surface area contributed by atoms with Crippen molar-refractivity contribution in [2.45, 2.75) is 6.42 Å². The first-order chi connectivity index (χ1) is 7.72. The molecule has 88 valence electrons. The SMILES string of the molecule is CNCCC(=O)c1ccc(OC)c(OC)c1. The van der Waals surface area contributed by atoms with Crippen LogP contribution in [-0.4, -0.2) is 33.6 Å². The fraction of sp³-hybridized carbons (Fsp3) is 0.417. The molecule has 1 rings (SSSR count). The summed E-state index contributed by atoms with van der Waals surface area (Å²) in [5, 5.41) is 2.94. The summed E-state index contributed by atoms with van der Waals surface area (Å²) in [4.78, 5) is 11.7. The number of nitrogens with one attached hydrogen (secondary N) is 1. The van der Waals surface area contributed by atoms with E-state index in [0.29, 0.717) is 30.0 Å². The molecule has 0 saturated carbocycles. The molecule has 0 bridgehead atoms. The van der Waals surface area contributed by atoms with Gasteiger partial charge >= 0.3 is 0 Å². The summed E-state index contributed by atoms with van der Waals surface area (Å²) in [6.45, 7) is 0.674. The fourth-order valence-corrected chi connectivity index (χ4v) is 1.39. The van der Waals surface area contributed by atoms with Crippen molar-refractivity contribution in [2.24, 2.45) is 0 Å². The predicted molar refractivity (Wildman–Crippen MR) is 62.4 cm³/mol. The Morgan fingerprint density at radius 2 is 1.94 bits per heavy atom. The van der Waals surface area contributed by atoms with Gasteiger partial charge in [-0.2, -0.15) is 0 Å². The topological polar surface area (TPSA) is 47.6 Å². The summed E-state index contributed by atoms with van der Waals surface area (Å²) in [5.74, 6) is 1.31. The summed E-state index contributed by atoms with van der Waals surface area (Å²) in [6, 6.07) is 5.20. The van der Waals surface area contributed by atoms with Crippen LogP contribution >= 0.6 is 0 Å². The molecular formula is C12H17NO3. The number of carbonyl (C=O) groups excluding carboxylic acids is 1. The largest absolute Gasteiger partial charge is 0.493 e.